The number of nitrogens with zero attached hydrogens (tertiary/aromatic N) is 2. The second-order valence-electron chi connectivity index (χ2n) is 2.77. The van der Waals surface area contributed by atoms with Crippen LogP contribution in [0.2, 0.25) is 0 Å². The van der Waals surface area contributed by atoms with Crippen LogP contribution < -0.4 is 0 Å². The average Bonchev–Trinajstić information content (AvgIpc) is 2.20. The maximum absolute atomic E-state index is 4.27. The van der Waals surface area contributed by atoms with E-state index < -0.39 is 0 Å². The Bertz CT molecular complexity index is 388. The number of rotatable bonds is 1. The molecule has 1 aromatic rings. The van der Waals surface area contributed by atoms with Gasteiger partial charge in [-0.25, -0.2) is 9.98 Å². The Morgan fingerprint density at radius 3 is 2.54 bits per heavy atom. The maximum Gasteiger partial charge on any atom is 0.159 e. The van der Waals surface area contributed by atoms with E-state index in [0.717, 1.165) is 11.4 Å². The van der Waals surface area contributed by atoms with Gasteiger partial charge in [-0.3, -0.25) is 0 Å². The summed E-state index contributed by atoms with van der Waals surface area (Å²) >= 11 is -0.0150. The Morgan fingerprint density at radius 1 is 1.15 bits per heavy atom. The van der Waals surface area contributed by atoms with Gasteiger partial charge < -0.3 is 0 Å². The number of amidine groups is 1. The normalized spacial score (nSPS) is 15.0. The lowest BCUT2D eigenvalue weighted by Gasteiger charge is -2.01. The van der Waals surface area contributed by atoms with Gasteiger partial charge >= 0.3 is 0 Å². The van der Waals surface area contributed by atoms with Crippen LogP contribution in [0.25, 0.3) is 0 Å². The highest BCUT2D eigenvalue weighted by Gasteiger charge is 2.00. The summed E-state index contributed by atoms with van der Waals surface area (Å²) in [6, 6.07) is 8.28. The van der Waals surface area contributed by atoms with Crippen molar-refractivity contribution in [2.75, 3.05) is 0 Å². The van der Waals surface area contributed by atoms with Gasteiger partial charge in [0.05, 0.1) is 8.36 Å². The van der Waals surface area contributed by atoms with Crippen LogP contribution in [-0.2, 0) is 0 Å². The van der Waals surface area contributed by atoms with Crippen molar-refractivity contribution in [2.24, 2.45) is 9.98 Å². The van der Waals surface area contributed by atoms with Gasteiger partial charge in [0.25, 0.3) is 0 Å². The topological polar surface area (TPSA) is 24.7 Å². The maximum atomic E-state index is 4.27. The van der Waals surface area contributed by atoms with Gasteiger partial charge in [-0.05, 0) is 6.92 Å². The quantitative estimate of drug-likeness (QED) is 0.708. The summed E-state index contributed by atoms with van der Waals surface area (Å²) in [4.78, 5) is 8.54. The summed E-state index contributed by atoms with van der Waals surface area (Å²) in [5.74, 6) is 0.839. The highest BCUT2D eigenvalue weighted by Crippen LogP contribution is 2.08. The molecule has 0 saturated carbocycles. The largest absolute Gasteiger partial charge is 0.230 e. The molecule has 1 aliphatic heterocycles. The molecule has 0 aliphatic carbocycles. The van der Waals surface area contributed by atoms with Crippen molar-refractivity contribution < 1.29 is 0 Å². The summed E-state index contributed by atoms with van der Waals surface area (Å²) in [6.45, 7) is 2.08. The molecule has 1 aliphatic rings. The van der Waals surface area contributed by atoms with E-state index in [1.807, 2.05) is 8.36 Å². The highest BCUT2D eigenvalue weighted by atomic mass is 127. The zero-order valence-electron chi connectivity index (χ0n) is 7.24. The Kier molecular flexibility index (Phi) is 2.63. The minimum atomic E-state index is -0.0150. The van der Waals surface area contributed by atoms with Gasteiger partial charge in [0, 0.05) is 5.56 Å². The number of hydrogen-bond acceptors (Lipinski definition) is 2. The fourth-order valence-corrected chi connectivity index (χ4v) is 2.05. The first kappa shape index (κ1) is 8.74. The van der Waals surface area contributed by atoms with E-state index in [4.69, 9.17) is 0 Å². The number of aryl methyl sites for hydroxylation is 1. The van der Waals surface area contributed by atoms with Crippen LogP contribution in [0.5, 0.6) is 0 Å². The van der Waals surface area contributed by atoms with Gasteiger partial charge in [-0.2, -0.15) is 0 Å². The monoisotopic (exact) mass is 284 g/mol. The fourth-order valence-electron chi connectivity index (χ4n) is 1.06. The lowest BCUT2D eigenvalue weighted by molar-refractivity contribution is 1.45. The van der Waals surface area contributed by atoms with Crippen LogP contribution in [0.1, 0.15) is 11.1 Å². The van der Waals surface area contributed by atoms with E-state index in [9.17, 15) is 0 Å². The summed E-state index contributed by atoms with van der Waals surface area (Å²) in [6.07, 6.45) is 0. The van der Waals surface area contributed by atoms with Crippen LogP contribution in [0.4, 0.5) is 0 Å². The molecule has 0 saturated heterocycles. The molecule has 0 bridgehead atoms. The van der Waals surface area contributed by atoms with E-state index in [2.05, 4.69) is 41.2 Å². The fraction of sp³-hybridized carbons (Fsp3) is 0.100. The van der Waals surface area contributed by atoms with Crippen LogP contribution in [0.15, 0.2) is 34.3 Å². The molecule has 0 unspecified atom stereocenters. The van der Waals surface area contributed by atoms with Crippen LogP contribution in [0.3, 0.4) is 0 Å². The zero-order valence-corrected chi connectivity index (χ0v) is 9.39. The summed E-state index contributed by atoms with van der Waals surface area (Å²) in [5.41, 5.74) is 2.36. The molecule has 2 rings (SSSR count). The standard InChI is InChI=1S/C10H9IN2/c1-8-2-4-9(5-3-8)10-12-6-11-7-13-10/h2-7H,1H3. The van der Waals surface area contributed by atoms with Gasteiger partial charge in [-0.15, -0.1) is 0 Å². The molecule has 0 atom stereocenters. The third kappa shape index (κ3) is 2.09. The number of hydrogen-bond donors (Lipinski definition) is 0. The first-order valence-electron chi connectivity index (χ1n) is 3.97. The number of halogens is 1. The van der Waals surface area contributed by atoms with E-state index >= 15 is 0 Å². The molecule has 0 spiro atoms. The summed E-state index contributed by atoms with van der Waals surface area (Å²) < 4.78 is 3.97. The molecule has 1 aromatic carbocycles. The van der Waals surface area contributed by atoms with Crippen LogP contribution >= 0.6 is 20.7 Å². The molecule has 3 heteroatoms. The SMILES string of the molecule is Cc1ccc(C2=NC=IC=N2)cc1. The first-order chi connectivity index (χ1) is 6.36. The second-order valence-corrected chi connectivity index (χ2v) is 4.60. The highest BCUT2D eigenvalue weighted by molar-refractivity contribution is 14.2. The van der Waals surface area contributed by atoms with Crippen molar-refractivity contribution in [3.8, 4) is 0 Å². The predicted molar refractivity (Wildman–Crippen MR) is 66.3 cm³/mol. The molecule has 1 heterocycles. The molecule has 13 heavy (non-hydrogen) atoms. The van der Waals surface area contributed by atoms with E-state index in [1.54, 1.807) is 0 Å². The Labute approximate surface area is 87.2 Å². The second kappa shape index (κ2) is 3.91. The number of aliphatic imine (C=N–C) groups is 2. The van der Waals surface area contributed by atoms with Crippen LogP contribution in [-0.4, -0.2) is 14.2 Å². The molecular weight excluding hydrogens is 275 g/mol. The van der Waals surface area contributed by atoms with Gasteiger partial charge in [-0.1, -0.05) is 50.6 Å². The van der Waals surface area contributed by atoms with Crippen LogP contribution in [0, 0.1) is 6.92 Å². The van der Waals surface area contributed by atoms with E-state index in [0.29, 0.717) is 0 Å². The molecule has 0 amide bonds. The molecule has 0 fully saturated rings. The number of benzene rings is 1. The lowest BCUT2D eigenvalue weighted by atomic mass is 10.1. The summed E-state index contributed by atoms with van der Waals surface area (Å²) in [5, 5.41) is 0. The van der Waals surface area contributed by atoms with Crippen molar-refractivity contribution in [1.29, 1.82) is 0 Å². The molecule has 0 radical (unpaired) electrons. The van der Waals surface area contributed by atoms with E-state index in [1.165, 1.54) is 5.56 Å². The van der Waals surface area contributed by atoms with Crippen molar-refractivity contribution in [3.05, 3.63) is 35.4 Å². The Morgan fingerprint density at radius 2 is 1.92 bits per heavy atom. The minimum Gasteiger partial charge on any atom is -0.230 e. The lowest BCUT2D eigenvalue weighted by Crippen LogP contribution is -1.98. The van der Waals surface area contributed by atoms with Crippen molar-refractivity contribution >= 4 is 34.9 Å². The Hall–Kier alpha value is -0.840. The molecular formula is C10H9IN2. The van der Waals surface area contributed by atoms with Gasteiger partial charge in [0.15, 0.2) is 5.84 Å². The third-order valence-electron chi connectivity index (χ3n) is 1.76. The molecule has 2 nitrogen and oxygen atoms in total. The van der Waals surface area contributed by atoms with E-state index in [-0.39, 0.29) is 20.7 Å². The predicted octanol–water partition coefficient (Wildman–Crippen LogP) is 2.51. The smallest absolute Gasteiger partial charge is 0.159 e. The average molecular weight is 284 g/mol. The summed E-state index contributed by atoms with van der Waals surface area (Å²) in [7, 11) is 0. The molecule has 0 aromatic heterocycles. The third-order valence-corrected chi connectivity index (χ3v) is 2.96. The Balaban J connectivity index is 2.36. The molecule has 0 N–H and O–H groups in total. The van der Waals surface area contributed by atoms with Crippen molar-refractivity contribution in [2.45, 2.75) is 6.92 Å². The zero-order chi connectivity index (χ0) is 9.10. The van der Waals surface area contributed by atoms with Gasteiger partial charge in [0.1, 0.15) is 0 Å². The van der Waals surface area contributed by atoms with Gasteiger partial charge in [0.2, 0.25) is 0 Å². The van der Waals surface area contributed by atoms with Crippen molar-refractivity contribution in [1.82, 2.24) is 0 Å². The first-order valence-corrected chi connectivity index (χ1v) is 6.46. The molecule has 66 valence electrons. The van der Waals surface area contributed by atoms with Crippen molar-refractivity contribution in [3.63, 3.8) is 0 Å². The minimum absolute atomic E-state index is 0.0150.